The Balaban J connectivity index is 2.15. The van der Waals surface area contributed by atoms with E-state index in [9.17, 15) is 0 Å². The molecule has 0 bridgehead atoms. The lowest BCUT2D eigenvalue weighted by Crippen LogP contribution is -2.29. The van der Waals surface area contributed by atoms with Gasteiger partial charge in [-0.15, -0.1) is 0 Å². The van der Waals surface area contributed by atoms with Gasteiger partial charge in [0.2, 0.25) is 0 Å². The summed E-state index contributed by atoms with van der Waals surface area (Å²) in [6.45, 7) is 4.15. The van der Waals surface area contributed by atoms with Gasteiger partial charge in [0.05, 0.1) is 0 Å². The summed E-state index contributed by atoms with van der Waals surface area (Å²) in [4.78, 5) is 9.17. The van der Waals surface area contributed by atoms with E-state index in [0.717, 1.165) is 41.1 Å². The van der Waals surface area contributed by atoms with Crippen LogP contribution >= 0.6 is 11.8 Å². The summed E-state index contributed by atoms with van der Waals surface area (Å²) in [7, 11) is 0. The lowest BCUT2D eigenvalue weighted by Gasteiger charge is -2.29. The quantitative estimate of drug-likeness (QED) is 0.554. The number of nitrogen functional groups attached to an aromatic ring is 1. The van der Waals surface area contributed by atoms with Gasteiger partial charge in [0, 0.05) is 23.3 Å². The molecule has 0 amide bonds. The second kappa shape index (κ2) is 7.84. The molecule has 118 valence electrons. The third-order valence-electron chi connectivity index (χ3n) is 4.10. The number of anilines is 2. The van der Waals surface area contributed by atoms with Crippen LogP contribution < -0.4 is 16.6 Å². The fourth-order valence-corrected chi connectivity index (χ4v) is 3.69. The minimum absolute atomic E-state index is 0.505. The van der Waals surface area contributed by atoms with Gasteiger partial charge < -0.3 is 10.7 Å². The van der Waals surface area contributed by atoms with E-state index >= 15 is 0 Å². The van der Waals surface area contributed by atoms with Crippen molar-refractivity contribution in [1.29, 1.82) is 0 Å². The summed E-state index contributed by atoms with van der Waals surface area (Å²) in [5.41, 5.74) is 3.70. The zero-order chi connectivity index (χ0) is 15.2. The molecule has 0 aromatic carbocycles. The summed E-state index contributed by atoms with van der Waals surface area (Å²) in [5, 5.41) is 4.39. The molecule has 21 heavy (non-hydrogen) atoms. The highest BCUT2D eigenvalue weighted by Gasteiger charge is 2.22. The standard InChI is InChI=1S/C15H27N5S/c1-4-6-13-18-14(10(2)15(19-13)20-16)17-11-7-5-8-12(9-11)21-3/h11-12H,4-9,16H2,1-3H3,(H2,17,18,19,20). The van der Waals surface area contributed by atoms with Gasteiger partial charge >= 0.3 is 0 Å². The average Bonchev–Trinajstić information content (AvgIpc) is 2.50. The first kappa shape index (κ1) is 16.4. The molecule has 0 spiro atoms. The van der Waals surface area contributed by atoms with Crippen molar-refractivity contribution < 1.29 is 0 Å². The van der Waals surface area contributed by atoms with Crippen LogP contribution in [0.1, 0.15) is 50.4 Å². The van der Waals surface area contributed by atoms with Gasteiger partial charge in [-0.3, -0.25) is 0 Å². The van der Waals surface area contributed by atoms with E-state index in [1.54, 1.807) is 0 Å². The normalized spacial score (nSPS) is 22.1. The van der Waals surface area contributed by atoms with Crippen LogP contribution in [0.3, 0.4) is 0 Å². The van der Waals surface area contributed by atoms with Crippen molar-refractivity contribution in [2.45, 2.75) is 63.7 Å². The largest absolute Gasteiger partial charge is 0.367 e. The molecule has 2 unspecified atom stereocenters. The third kappa shape index (κ3) is 4.23. The fraction of sp³-hybridized carbons (Fsp3) is 0.733. The van der Waals surface area contributed by atoms with Crippen molar-refractivity contribution in [2.75, 3.05) is 17.0 Å². The molecule has 1 aromatic rings. The van der Waals surface area contributed by atoms with Gasteiger partial charge in [-0.25, -0.2) is 15.8 Å². The van der Waals surface area contributed by atoms with E-state index in [-0.39, 0.29) is 0 Å². The highest BCUT2D eigenvalue weighted by molar-refractivity contribution is 7.99. The number of hydrogen-bond acceptors (Lipinski definition) is 6. The first-order valence-corrected chi connectivity index (χ1v) is 9.10. The molecular weight excluding hydrogens is 282 g/mol. The Hall–Kier alpha value is -1.01. The van der Waals surface area contributed by atoms with E-state index in [1.807, 2.05) is 18.7 Å². The summed E-state index contributed by atoms with van der Waals surface area (Å²) in [6.07, 6.45) is 9.16. The SMILES string of the molecule is CCCc1nc(NN)c(C)c(NC2CCCC(SC)C2)n1. The maximum Gasteiger partial charge on any atom is 0.148 e. The molecule has 4 N–H and O–H groups in total. The van der Waals surface area contributed by atoms with Crippen molar-refractivity contribution in [3.63, 3.8) is 0 Å². The zero-order valence-electron chi connectivity index (χ0n) is 13.3. The van der Waals surface area contributed by atoms with Crippen LogP contribution in [0.5, 0.6) is 0 Å². The molecule has 1 aliphatic rings. The van der Waals surface area contributed by atoms with Crippen molar-refractivity contribution in [3.8, 4) is 0 Å². The van der Waals surface area contributed by atoms with E-state index in [4.69, 9.17) is 10.8 Å². The topological polar surface area (TPSA) is 75.9 Å². The van der Waals surface area contributed by atoms with Crippen LogP contribution in [0.2, 0.25) is 0 Å². The highest BCUT2D eigenvalue weighted by Crippen LogP contribution is 2.30. The Labute approximate surface area is 131 Å². The predicted octanol–water partition coefficient (Wildman–Crippen LogP) is 3.11. The molecule has 1 fully saturated rings. The Kier molecular flexibility index (Phi) is 6.11. The number of thioether (sulfide) groups is 1. The summed E-state index contributed by atoms with van der Waals surface area (Å²) >= 11 is 1.98. The molecular formula is C15H27N5S. The molecule has 1 saturated carbocycles. The minimum atomic E-state index is 0.505. The Morgan fingerprint density at radius 1 is 1.29 bits per heavy atom. The maximum atomic E-state index is 5.59. The molecule has 0 radical (unpaired) electrons. The van der Waals surface area contributed by atoms with Gasteiger partial charge in [-0.1, -0.05) is 13.3 Å². The predicted molar refractivity (Wildman–Crippen MR) is 91.8 cm³/mol. The number of nitrogens with two attached hydrogens (primary N) is 1. The van der Waals surface area contributed by atoms with Crippen LogP contribution in [0.15, 0.2) is 0 Å². The van der Waals surface area contributed by atoms with E-state index in [1.165, 1.54) is 25.7 Å². The van der Waals surface area contributed by atoms with Gasteiger partial charge in [-0.2, -0.15) is 11.8 Å². The van der Waals surface area contributed by atoms with Crippen LogP contribution in [0, 0.1) is 6.92 Å². The van der Waals surface area contributed by atoms with Crippen molar-refractivity contribution in [2.24, 2.45) is 5.84 Å². The number of aryl methyl sites for hydroxylation is 1. The maximum absolute atomic E-state index is 5.59. The number of rotatable bonds is 6. The number of hydrazine groups is 1. The van der Waals surface area contributed by atoms with Gasteiger partial charge in [0.1, 0.15) is 17.5 Å². The molecule has 0 saturated heterocycles. The first-order chi connectivity index (χ1) is 10.2. The molecule has 0 aliphatic heterocycles. The molecule has 2 rings (SSSR count). The zero-order valence-corrected chi connectivity index (χ0v) is 14.1. The van der Waals surface area contributed by atoms with Gasteiger partial charge in [0.25, 0.3) is 0 Å². The highest BCUT2D eigenvalue weighted by atomic mass is 32.2. The number of hydrogen-bond donors (Lipinski definition) is 3. The average molecular weight is 309 g/mol. The molecule has 6 heteroatoms. The van der Waals surface area contributed by atoms with E-state index in [0.29, 0.717) is 6.04 Å². The third-order valence-corrected chi connectivity index (χ3v) is 5.20. The Morgan fingerprint density at radius 3 is 2.71 bits per heavy atom. The summed E-state index contributed by atoms with van der Waals surface area (Å²) in [5.74, 6) is 8.12. The number of aromatic nitrogens is 2. The second-order valence-electron chi connectivity index (χ2n) is 5.72. The fourth-order valence-electron chi connectivity index (χ4n) is 2.86. The van der Waals surface area contributed by atoms with E-state index in [2.05, 4.69) is 28.9 Å². The summed E-state index contributed by atoms with van der Waals surface area (Å²) < 4.78 is 0. The van der Waals surface area contributed by atoms with Crippen LogP contribution in [0.4, 0.5) is 11.6 Å². The number of nitrogens with zero attached hydrogens (tertiary/aromatic N) is 2. The summed E-state index contributed by atoms with van der Waals surface area (Å²) in [6, 6.07) is 0.505. The molecule has 1 heterocycles. The van der Waals surface area contributed by atoms with E-state index < -0.39 is 0 Å². The molecule has 1 aliphatic carbocycles. The lowest BCUT2D eigenvalue weighted by molar-refractivity contribution is 0.472. The monoisotopic (exact) mass is 309 g/mol. The Bertz CT molecular complexity index is 466. The van der Waals surface area contributed by atoms with Crippen LogP contribution in [-0.4, -0.2) is 27.5 Å². The second-order valence-corrected chi connectivity index (χ2v) is 6.86. The van der Waals surface area contributed by atoms with Crippen LogP contribution in [-0.2, 0) is 6.42 Å². The first-order valence-electron chi connectivity index (χ1n) is 7.81. The molecule has 5 nitrogen and oxygen atoms in total. The van der Waals surface area contributed by atoms with Crippen molar-refractivity contribution >= 4 is 23.4 Å². The number of nitrogens with one attached hydrogen (secondary N) is 2. The van der Waals surface area contributed by atoms with Crippen LogP contribution in [0.25, 0.3) is 0 Å². The Morgan fingerprint density at radius 2 is 2.05 bits per heavy atom. The molecule has 2 atom stereocenters. The lowest BCUT2D eigenvalue weighted by atomic mass is 9.95. The smallest absolute Gasteiger partial charge is 0.148 e. The van der Waals surface area contributed by atoms with Gasteiger partial charge in [0.15, 0.2) is 0 Å². The van der Waals surface area contributed by atoms with Crippen molar-refractivity contribution in [3.05, 3.63) is 11.4 Å². The van der Waals surface area contributed by atoms with Crippen molar-refractivity contribution in [1.82, 2.24) is 9.97 Å². The van der Waals surface area contributed by atoms with Gasteiger partial charge in [-0.05, 0) is 38.9 Å². The molecule has 1 aromatic heterocycles. The minimum Gasteiger partial charge on any atom is -0.367 e.